The lowest BCUT2D eigenvalue weighted by molar-refractivity contribution is 0.418. The molecule has 1 aliphatic carbocycles. The molecule has 0 N–H and O–H groups in total. The fourth-order valence-electron chi connectivity index (χ4n) is 1.94. The first kappa shape index (κ1) is 9.16. The minimum atomic E-state index is 0.769. The molecule has 1 saturated carbocycles. The van der Waals surface area contributed by atoms with E-state index in [-0.39, 0.29) is 0 Å². The van der Waals surface area contributed by atoms with E-state index in [9.17, 15) is 0 Å². The second-order valence-corrected chi connectivity index (χ2v) is 5.31. The average molecular weight is 219 g/mol. The molecule has 15 heavy (non-hydrogen) atoms. The first-order chi connectivity index (χ1) is 7.28. The largest absolute Gasteiger partial charge is 0.494 e. The van der Waals surface area contributed by atoms with Crippen LogP contribution in [0.5, 0.6) is 5.75 Å². The average Bonchev–Trinajstić information content (AvgIpc) is 2.99. The fourth-order valence-corrected chi connectivity index (χ4v) is 2.83. The van der Waals surface area contributed by atoms with Crippen molar-refractivity contribution in [1.29, 1.82) is 0 Å². The van der Waals surface area contributed by atoms with Gasteiger partial charge in [-0.05, 0) is 43.4 Å². The van der Waals surface area contributed by atoms with Crippen LogP contribution < -0.4 is 4.74 Å². The molecule has 1 heterocycles. The number of aromatic nitrogens is 1. The summed E-state index contributed by atoms with van der Waals surface area (Å²) in [5.74, 6) is 1.70. The number of fused-ring (bicyclic) bond motifs is 1. The number of thiazole rings is 1. The summed E-state index contributed by atoms with van der Waals surface area (Å²) in [6.45, 7) is 2.04. The summed E-state index contributed by atoms with van der Waals surface area (Å²) in [5, 5.41) is 1.11. The van der Waals surface area contributed by atoms with E-state index in [1.807, 2.05) is 6.92 Å². The standard InChI is InChI=1S/C12H13NOS/c1-7-13-12-10(14-2)5-9(8-3-4-8)6-11(12)15-7/h5-6,8H,3-4H2,1-2H3. The van der Waals surface area contributed by atoms with E-state index in [0.29, 0.717) is 0 Å². The van der Waals surface area contributed by atoms with Crippen LogP contribution in [0.25, 0.3) is 10.2 Å². The maximum absolute atomic E-state index is 5.40. The lowest BCUT2D eigenvalue weighted by Crippen LogP contribution is -1.87. The van der Waals surface area contributed by atoms with Gasteiger partial charge in [-0.15, -0.1) is 11.3 Å². The van der Waals surface area contributed by atoms with Crippen molar-refractivity contribution in [2.24, 2.45) is 0 Å². The van der Waals surface area contributed by atoms with Gasteiger partial charge in [0.25, 0.3) is 0 Å². The zero-order valence-electron chi connectivity index (χ0n) is 8.91. The normalized spacial score (nSPS) is 15.9. The van der Waals surface area contributed by atoms with Gasteiger partial charge in [0.2, 0.25) is 0 Å². The third kappa shape index (κ3) is 1.51. The number of nitrogens with zero attached hydrogens (tertiary/aromatic N) is 1. The minimum Gasteiger partial charge on any atom is -0.494 e. The van der Waals surface area contributed by atoms with Crippen molar-refractivity contribution >= 4 is 21.6 Å². The van der Waals surface area contributed by atoms with Gasteiger partial charge >= 0.3 is 0 Å². The molecule has 2 aromatic rings. The van der Waals surface area contributed by atoms with E-state index < -0.39 is 0 Å². The highest BCUT2D eigenvalue weighted by atomic mass is 32.1. The Labute approximate surface area is 92.9 Å². The highest BCUT2D eigenvalue weighted by Crippen LogP contribution is 2.43. The Hall–Kier alpha value is -1.09. The van der Waals surface area contributed by atoms with Crippen LogP contribution in [0.4, 0.5) is 0 Å². The fraction of sp³-hybridized carbons (Fsp3) is 0.417. The third-order valence-corrected chi connectivity index (χ3v) is 3.78. The Morgan fingerprint density at radius 2 is 2.20 bits per heavy atom. The Morgan fingerprint density at radius 1 is 1.40 bits per heavy atom. The van der Waals surface area contributed by atoms with Gasteiger partial charge in [-0.1, -0.05) is 0 Å². The van der Waals surface area contributed by atoms with Crippen LogP contribution in [0.15, 0.2) is 12.1 Å². The Balaban J connectivity index is 2.24. The van der Waals surface area contributed by atoms with Crippen LogP contribution in [0.3, 0.4) is 0 Å². The summed E-state index contributed by atoms with van der Waals surface area (Å²) >= 11 is 1.75. The maximum Gasteiger partial charge on any atom is 0.146 e. The molecule has 0 bridgehead atoms. The lowest BCUT2D eigenvalue weighted by atomic mass is 10.1. The van der Waals surface area contributed by atoms with E-state index in [1.165, 1.54) is 23.1 Å². The van der Waals surface area contributed by atoms with Gasteiger partial charge in [0.05, 0.1) is 16.8 Å². The quantitative estimate of drug-likeness (QED) is 0.771. The Bertz CT molecular complexity index is 514. The van der Waals surface area contributed by atoms with Gasteiger partial charge in [-0.3, -0.25) is 0 Å². The van der Waals surface area contributed by atoms with Crippen molar-refractivity contribution in [1.82, 2.24) is 4.98 Å². The number of rotatable bonds is 2. The van der Waals surface area contributed by atoms with Gasteiger partial charge in [0.15, 0.2) is 0 Å². The second-order valence-electron chi connectivity index (χ2n) is 4.08. The number of ether oxygens (including phenoxy) is 1. The number of hydrogen-bond acceptors (Lipinski definition) is 3. The van der Waals surface area contributed by atoms with Crippen LogP contribution in [-0.4, -0.2) is 12.1 Å². The molecule has 3 rings (SSSR count). The van der Waals surface area contributed by atoms with Crippen LogP contribution in [0, 0.1) is 6.92 Å². The molecule has 0 radical (unpaired) electrons. The molecule has 78 valence electrons. The highest BCUT2D eigenvalue weighted by Gasteiger charge is 2.25. The Morgan fingerprint density at radius 3 is 2.87 bits per heavy atom. The van der Waals surface area contributed by atoms with Gasteiger partial charge in [0, 0.05) is 0 Å². The number of aryl methyl sites for hydroxylation is 1. The zero-order chi connectivity index (χ0) is 10.4. The molecule has 1 aromatic carbocycles. The van der Waals surface area contributed by atoms with Crippen molar-refractivity contribution in [3.63, 3.8) is 0 Å². The molecule has 1 fully saturated rings. The van der Waals surface area contributed by atoms with Gasteiger partial charge in [0.1, 0.15) is 11.3 Å². The molecule has 0 unspecified atom stereocenters. The van der Waals surface area contributed by atoms with Crippen LogP contribution in [0.2, 0.25) is 0 Å². The smallest absolute Gasteiger partial charge is 0.146 e. The summed E-state index contributed by atoms with van der Waals surface area (Å²) in [7, 11) is 1.72. The highest BCUT2D eigenvalue weighted by molar-refractivity contribution is 7.18. The van der Waals surface area contributed by atoms with Crippen molar-refractivity contribution in [2.45, 2.75) is 25.7 Å². The molecule has 0 saturated heterocycles. The first-order valence-corrected chi connectivity index (χ1v) is 6.04. The van der Waals surface area contributed by atoms with Gasteiger partial charge in [-0.25, -0.2) is 4.98 Å². The van der Waals surface area contributed by atoms with E-state index in [2.05, 4.69) is 17.1 Å². The topological polar surface area (TPSA) is 22.1 Å². The van der Waals surface area contributed by atoms with E-state index >= 15 is 0 Å². The molecule has 0 amide bonds. The second kappa shape index (κ2) is 3.20. The molecule has 0 aliphatic heterocycles. The zero-order valence-corrected chi connectivity index (χ0v) is 9.73. The van der Waals surface area contributed by atoms with E-state index in [0.717, 1.165) is 22.2 Å². The number of benzene rings is 1. The Kier molecular flexibility index (Phi) is 1.96. The van der Waals surface area contributed by atoms with Crippen molar-refractivity contribution in [3.8, 4) is 5.75 Å². The monoisotopic (exact) mass is 219 g/mol. The maximum atomic E-state index is 5.40. The van der Waals surface area contributed by atoms with Gasteiger partial charge < -0.3 is 4.74 Å². The number of hydrogen-bond donors (Lipinski definition) is 0. The van der Waals surface area contributed by atoms with Gasteiger partial charge in [-0.2, -0.15) is 0 Å². The number of methoxy groups -OCH3 is 1. The van der Waals surface area contributed by atoms with Crippen LogP contribution in [0.1, 0.15) is 29.3 Å². The summed E-state index contributed by atoms with van der Waals surface area (Å²) in [6.07, 6.45) is 2.65. The summed E-state index contributed by atoms with van der Waals surface area (Å²) < 4.78 is 6.66. The molecule has 0 atom stereocenters. The molecule has 2 nitrogen and oxygen atoms in total. The van der Waals surface area contributed by atoms with E-state index in [4.69, 9.17) is 4.74 Å². The summed E-state index contributed by atoms with van der Waals surface area (Å²) in [5.41, 5.74) is 2.44. The molecular formula is C12H13NOS. The predicted molar refractivity (Wildman–Crippen MR) is 62.9 cm³/mol. The summed E-state index contributed by atoms with van der Waals surface area (Å²) in [4.78, 5) is 4.50. The van der Waals surface area contributed by atoms with Crippen LogP contribution in [-0.2, 0) is 0 Å². The minimum absolute atomic E-state index is 0.769. The molecule has 0 spiro atoms. The predicted octanol–water partition coefficient (Wildman–Crippen LogP) is 3.49. The molecule has 3 heteroatoms. The SMILES string of the molecule is COc1cc(C2CC2)cc2sc(C)nc12. The lowest BCUT2D eigenvalue weighted by Gasteiger charge is -2.04. The molecule has 1 aliphatic rings. The van der Waals surface area contributed by atoms with Crippen molar-refractivity contribution in [3.05, 3.63) is 22.7 Å². The molecule has 1 aromatic heterocycles. The van der Waals surface area contributed by atoms with Crippen molar-refractivity contribution < 1.29 is 4.74 Å². The van der Waals surface area contributed by atoms with Crippen molar-refractivity contribution in [2.75, 3.05) is 7.11 Å². The van der Waals surface area contributed by atoms with Crippen LogP contribution >= 0.6 is 11.3 Å². The third-order valence-electron chi connectivity index (χ3n) is 2.86. The molecular weight excluding hydrogens is 206 g/mol. The first-order valence-electron chi connectivity index (χ1n) is 5.23. The summed E-state index contributed by atoms with van der Waals surface area (Å²) in [6, 6.07) is 4.43. The van der Waals surface area contributed by atoms with E-state index in [1.54, 1.807) is 18.4 Å².